The number of pyridine rings is 1. The second-order valence-electron chi connectivity index (χ2n) is 8.88. The number of halogens is 1. The van der Waals surface area contributed by atoms with Gasteiger partial charge in [-0.1, -0.05) is 41.9 Å². The monoisotopic (exact) mass is 492 g/mol. The van der Waals surface area contributed by atoms with E-state index in [-0.39, 0.29) is 12.5 Å². The number of amides is 2. The fourth-order valence-electron chi connectivity index (χ4n) is 5.17. The van der Waals surface area contributed by atoms with E-state index in [9.17, 15) is 19.9 Å². The van der Waals surface area contributed by atoms with Gasteiger partial charge in [0.2, 0.25) is 5.91 Å². The molecule has 0 saturated carbocycles. The summed E-state index contributed by atoms with van der Waals surface area (Å²) < 4.78 is 0.642. The normalized spacial score (nSPS) is 20.4. The lowest BCUT2D eigenvalue weighted by molar-refractivity contribution is -0.604. The molecule has 0 unspecified atom stereocenters. The molecule has 8 nitrogen and oxygen atoms in total. The summed E-state index contributed by atoms with van der Waals surface area (Å²) in [7, 11) is 0. The standard InChI is InChI=1S/C26H25ClN4O4/c27-18-8-7-16(13-28)17(12-18)14-29-24(32)23-6-3-10-31(23)25(33)26(34)21-5-2-1-4-19(21)20-15-30(35)11-9-22(20)26/h1-2,4-5,7-9,11-12,15,23,34H,3,6,10,13-14,28H2,(H,29,32)/t23-,26+/m0/s1. The smallest absolute Gasteiger partial charge is 0.264 e. The topological polar surface area (TPSA) is 123 Å². The van der Waals surface area contributed by atoms with Crippen LogP contribution in [-0.4, -0.2) is 34.4 Å². The van der Waals surface area contributed by atoms with E-state index in [0.717, 1.165) is 11.1 Å². The van der Waals surface area contributed by atoms with E-state index >= 15 is 0 Å². The molecule has 5 rings (SSSR count). The molecule has 3 aromatic rings. The van der Waals surface area contributed by atoms with Gasteiger partial charge < -0.3 is 26.3 Å². The highest BCUT2D eigenvalue weighted by Crippen LogP contribution is 2.48. The van der Waals surface area contributed by atoms with Crippen LogP contribution in [0.1, 0.15) is 35.1 Å². The maximum atomic E-state index is 13.9. The Morgan fingerprint density at radius 2 is 1.94 bits per heavy atom. The van der Waals surface area contributed by atoms with Gasteiger partial charge in [0.25, 0.3) is 5.91 Å². The van der Waals surface area contributed by atoms with E-state index in [1.165, 1.54) is 23.4 Å². The van der Waals surface area contributed by atoms with E-state index in [1.807, 2.05) is 6.07 Å². The Labute approximate surface area is 207 Å². The van der Waals surface area contributed by atoms with Gasteiger partial charge in [-0.15, -0.1) is 0 Å². The molecule has 2 atom stereocenters. The van der Waals surface area contributed by atoms with Gasteiger partial charge in [-0.05, 0) is 41.7 Å². The Morgan fingerprint density at radius 3 is 2.74 bits per heavy atom. The fraction of sp³-hybridized carbons (Fsp3) is 0.269. The largest absolute Gasteiger partial charge is 0.619 e. The molecule has 0 radical (unpaired) electrons. The van der Waals surface area contributed by atoms with E-state index in [2.05, 4.69) is 5.32 Å². The van der Waals surface area contributed by atoms with Crippen LogP contribution in [0.2, 0.25) is 5.02 Å². The Morgan fingerprint density at radius 1 is 1.17 bits per heavy atom. The molecule has 1 aliphatic heterocycles. The zero-order valence-corrected chi connectivity index (χ0v) is 19.7. The van der Waals surface area contributed by atoms with Crippen LogP contribution >= 0.6 is 11.6 Å². The van der Waals surface area contributed by atoms with Crippen molar-refractivity contribution in [2.75, 3.05) is 6.54 Å². The number of carbonyl (C=O) groups excluding carboxylic acids is 2. The van der Waals surface area contributed by atoms with E-state index < -0.39 is 17.6 Å². The van der Waals surface area contributed by atoms with Gasteiger partial charge in [0.1, 0.15) is 6.04 Å². The molecule has 4 N–H and O–H groups in total. The number of nitrogens with zero attached hydrogens (tertiary/aromatic N) is 2. The first-order valence-electron chi connectivity index (χ1n) is 11.5. The van der Waals surface area contributed by atoms with Gasteiger partial charge in [-0.3, -0.25) is 9.59 Å². The van der Waals surface area contributed by atoms with Crippen molar-refractivity contribution in [3.63, 3.8) is 0 Å². The van der Waals surface area contributed by atoms with E-state index in [1.54, 1.807) is 36.4 Å². The lowest BCUT2D eigenvalue weighted by atomic mass is 9.90. The highest BCUT2D eigenvalue weighted by Gasteiger charge is 2.53. The predicted octanol–water partition coefficient (Wildman–Crippen LogP) is 1.96. The summed E-state index contributed by atoms with van der Waals surface area (Å²) in [6.07, 6.45) is 3.73. The van der Waals surface area contributed by atoms with E-state index in [0.29, 0.717) is 57.9 Å². The van der Waals surface area contributed by atoms with Crippen molar-refractivity contribution in [2.45, 2.75) is 37.6 Å². The van der Waals surface area contributed by atoms with Crippen molar-refractivity contribution in [3.8, 4) is 11.1 Å². The molecule has 2 aromatic carbocycles. The maximum absolute atomic E-state index is 13.9. The zero-order valence-electron chi connectivity index (χ0n) is 18.9. The molecule has 35 heavy (non-hydrogen) atoms. The van der Waals surface area contributed by atoms with Gasteiger partial charge in [-0.2, -0.15) is 4.73 Å². The van der Waals surface area contributed by atoms with Gasteiger partial charge in [0.15, 0.2) is 18.0 Å². The van der Waals surface area contributed by atoms with Crippen LogP contribution in [0.5, 0.6) is 0 Å². The Bertz CT molecular complexity index is 1330. The second-order valence-corrected chi connectivity index (χ2v) is 9.32. The zero-order chi connectivity index (χ0) is 24.7. The first kappa shape index (κ1) is 23.3. The first-order chi connectivity index (χ1) is 16.8. The Balaban J connectivity index is 1.42. The number of nitrogens with two attached hydrogens (primary N) is 1. The molecule has 2 heterocycles. The summed E-state index contributed by atoms with van der Waals surface area (Å²) in [5, 5.41) is 27.3. The van der Waals surface area contributed by atoms with Crippen molar-refractivity contribution >= 4 is 23.4 Å². The Kier molecular flexibility index (Phi) is 5.96. The number of likely N-dealkylation sites (tertiary alicyclic amines) is 1. The van der Waals surface area contributed by atoms with Crippen LogP contribution in [0.25, 0.3) is 11.1 Å². The molecular formula is C26H25ClN4O4. The van der Waals surface area contributed by atoms with Crippen molar-refractivity contribution in [3.05, 3.63) is 93.4 Å². The van der Waals surface area contributed by atoms with Gasteiger partial charge >= 0.3 is 0 Å². The third-order valence-corrected chi connectivity index (χ3v) is 7.13. The second kappa shape index (κ2) is 8.96. The quantitative estimate of drug-likeness (QED) is 0.371. The lowest BCUT2D eigenvalue weighted by Gasteiger charge is -2.32. The van der Waals surface area contributed by atoms with Crippen LogP contribution in [-0.2, 0) is 28.3 Å². The minimum Gasteiger partial charge on any atom is -0.619 e. The van der Waals surface area contributed by atoms with Crippen LogP contribution in [0.15, 0.2) is 60.9 Å². The highest BCUT2D eigenvalue weighted by atomic mass is 35.5. The molecule has 1 aliphatic carbocycles. The average molecular weight is 493 g/mol. The average Bonchev–Trinajstić information content (AvgIpc) is 3.45. The third kappa shape index (κ3) is 3.83. The van der Waals surface area contributed by atoms with Crippen LogP contribution in [0.4, 0.5) is 0 Å². The molecule has 0 spiro atoms. The number of rotatable bonds is 5. The van der Waals surface area contributed by atoms with Crippen LogP contribution < -0.4 is 15.8 Å². The number of hydrogen-bond acceptors (Lipinski definition) is 5. The lowest BCUT2D eigenvalue weighted by Crippen LogP contribution is -2.53. The van der Waals surface area contributed by atoms with Crippen LogP contribution in [0, 0.1) is 5.21 Å². The number of hydrogen-bond donors (Lipinski definition) is 3. The summed E-state index contributed by atoms with van der Waals surface area (Å²) in [4.78, 5) is 28.5. The number of nitrogens with one attached hydrogen (secondary N) is 1. The van der Waals surface area contributed by atoms with Crippen molar-refractivity contribution in [1.82, 2.24) is 10.2 Å². The molecule has 1 fully saturated rings. The molecule has 0 bridgehead atoms. The SMILES string of the molecule is NCc1ccc(Cl)cc1CNC(=O)[C@@H]1CCCN1C(=O)[C@@]1(O)c2ccccc2-c2c[n+]([O-])ccc21. The van der Waals surface area contributed by atoms with E-state index in [4.69, 9.17) is 17.3 Å². The molecule has 9 heteroatoms. The van der Waals surface area contributed by atoms with Crippen molar-refractivity contribution in [2.24, 2.45) is 5.73 Å². The molecular weight excluding hydrogens is 468 g/mol. The number of benzene rings is 2. The van der Waals surface area contributed by atoms with Crippen molar-refractivity contribution < 1.29 is 19.4 Å². The minimum atomic E-state index is -1.98. The minimum absolute atomic E-state index is 0.226. The molecule has 1 saturated heterocycles. The molecule has 2 amide bonds. The third-order valence-electron chi connectivity index (χ3n) is 6.90. The predicted molar refractivity (Wildman–Crippen MR) is 130 cm³/mol. The van der Waals surface area contributed by atoms with Crippen LogP contribution in [0.3, 0.4) is 0 Å². The fourth-order valence-corrected chi connectivity index (χ4v) is 5.36. The molecule has 1 aromatic heterocycles. The number of carbonyl (C=O) groups is 2. The summed E-state index contributed by atoms with van der Waals surface area (Å²) in [6.45, 7) is 0.881. The van der Waals surface area contributed by atoms with Gasteiger partial charge in [0.05, 0.1) is 5.56 Å². The highest BCUT2D eigenvalue weighted by molar-refractivity contribution is 6.30. The Hall–Kier alpha value is -3.46. The summed E-state index contributed by atoms with van der Waals surface area (Å²) in [5.41, 5.74) is 7.38. The van der Waals surface area contributed by atoms with Crippen molar-refractivity contribution in [1.29, 1.82) is 0 Å². The summed E-state index contributed by atoms with van der Waals surface area (Å²) >= 11 is 6.11. The number of aliphatic hydroxyl groups is 1. The first-order valence-corrected chi connectivity index (χ1v) is 11.8. The summed E-state index contributed by atoms with van der Waals surface area (Å²) in [6, 6.07) is 13.1. The number of aromatic nitrogens is 1. The summed E-state index contributed by atoms with van der Waals surface area (Å²) in [5.74, 6) is -0.880. The molecule has 2 aliphatic rings. The van der Waals surface area contributed by atoms with Gasteiger partial charge in [0, 0.05) is 41.9 Å². The van der Waals surface area contributed by atoms with Gasteiger partial charge in [-0.25, -0.2) is 0 Å². The molecule has 180 valence electrons. The number of fused-ring (bicyclic) bond motifs is 3. The maximum Gasteiger partial charge on any atom is 0.264 e.